The summed E-state index contributed by atoms with van der Waals surface area (Å²) in [5.74, 6) is 0. The van der Waals surface area contributed by atoms with Crippen molar-refractivity contribution in [1.82, 2.24) is 10.4 Å². The van der Waals surface area contributed by atoms with Crippen LogP contribution in [0, 0.1) is 0 Å². The first-order valence-electron chi connectivity index (χ1n) is 6.81. The minimum atomic E-state index is -4.66. The van der Waals surface area contributed by atoms with Crippen molar-refractivity contribution < 1.29 is 27.9 Å². The van der Waals surface area contributed by atoms with Crippen molar-refractivity contribution in [2.75, 3.05) is 13.1 Å². The lowest BCUT2D eigenvalue weighted by molar-refractivity contribution is -0.271. The van der Waals surface area contributed by atoms with Crippen LogP contribution in [0.3, 0.4) is 0 Å². The maximum atomic E-state index is 12.6. The molecule has 2 rings (SSSR count). The summed E-state index contributed by atoms with van der Waals surface area (Å²) in [4.78, 5) is 18.2. The predicted octanol–water partition coefficient (Wildman–Crippen LogP) is 1.96. The number of aliphatic hydroxyl groups is 1. The first kappa shape index (κ1) is 15.4. The zero-order chi connectivity index (χ0) is 14.8. The number of hydrogen-bond acceptors (Lipinski definition) is 3. The number of piperidine rings is 1. The van der Waals surface area contributed by atoms with Crippen LogP contribution in [-0.2, 0) is 4.84 Å². The second kappa shape index (κ2) is 5.77. The number of hydrogen-bond donors (Lipinski definition) is 2. The monoisotopic (exact) mass is 296 g/mol. The molecule has 1 saturated heterocycles. The number of carbonyl (C=O) groups is 1. The lowest BCUT2D eigenvalue weighted by Crippen LogP contribution is -2.56. The molecule has 0 bridgehead atoms. The van der Waals surface area contributed by atoms with Gasteiger partial charge in [-0.1, -0.05) is 12.8 Å². The van der Waals surface area contributed by atoms with Crippen molar-refractivity contribution in [3.05, 3.63) is 0 Å². The summed E-state index contributed by atoms with van der Waals surface area (Å²) >= 11 is 0. The van der Waals surface area contributed by atoms with Crippen molar-refractivity contribution in [2.24, 2.45) is 0 Å². The number of rotatable bonds is 2. The van der Waals surface area contributed by atoms with Gasteiger partial charge in [0, 0.05) is 25.9 Å². The Morgan fingerprint density at radius 3 is 2.30 bits per heavy atom. The van der Waals surface area contributed by atoms with Crippen LogP contribution in [0.15, 0.2) is 0 Å². The van der Waals surface area contributed by atoms with Gasteiger partial charge in [-0.3, -0.25) is 4.84 Å². The Bertz CT molecular complexity index is 348. The molecule has 1 heterocycles. The lowest BCUT2D eigenvalue weighted by Gasteiger charge is -2.38. The molecule has 0 radical (unpaired) electrons. The van der Waals surface area contributed by atoms with Crippen molar-refractivity contribution in [1.29, 1.82) is 0 Å². The molecular weight excluding hydrogens is 277 g/mol. The van der Waals surface area contributed by atoms with E-state index >= 15 is 0 Å². The number of amides is 2. The molecule has 0 atom stereocenters. The van der Waals surface area contributed by atoms with Crippen LogP contribution < -0.4 is 5.48 Å². The van der Waals surface area contributed by atoms with E-state index in [-0.39, 0.29) is 19.2 Å². The standard InChI is InChI=1S/C12H19F3N2O3/c13-12(14,15)11(19)5-7-17(8-6-11)10(18)16-20-9-3-1-2-4-9/h9,19H,1-8H2,(H,16,18). The van der Waals surface area contributed by atoms with E-state index in [1.807, 2.05) is 0 Å². The summed E-state index contributed by atoms with van der Waals surface area (Å²) in [6, 6.07) is -0.541. The van der Waals surface area contributed by atoms with Gasteiger partial charge >= 0.3 is 12.2 Å². The van der Waals surface area contributed by atoms with E-state index in [1.165, 1.54) is 4.90 Å². The van der Waals surface area contributed by atoms with E-state index in [1.54, 1.807) is 0 Å². The lowest BCUT2D eigenvalue weighted by atomic mass is 9.91. The molecular formula is C12H19F3N2O3. The second-order valence-corrected chi connectivity index (χ2v) is 5.45. The van der Waals surface area contributed by atoms with E-state index in [9.17, 15) is 23.1 Å². The number of likely N-dealkylation sites (tertiary alicyclic amines) is 1. The number of halogens is 3. The summed E-state index contributed by atoms with van der Waals surface area (Å²) in [7, 11) is 0. The van der Waals surface area contributed by atoms with Crippen molar-refractivity contribution >= 4 is 6.03 Å². The zero-order valence-corrected chi connectivity index (χ0v) is 11.1. The highest BCUT2D eigenvalue weighted by Gasteiger charge is 2.54. The molecule has 8 heteroatoms. The van der Waals surface area contributed by atoms with Crippen molar-refractivity contribution in [2.45, 2.75) is 56.4 Å². The largest absolute Gasteiger partial charge is 0.417 e. The van der Waals surface area contributed by atoms with Gasteiger partial charge < -0.3 is 10.0 Å². The maximum absolute atomic E-state index is 12.6. The Kier molecular flexibility index (Phi) is 4.43. The fourth-order valence-electron chi connectivity index (χ4n) is 2.57. The van der Waals surface area contributed by atoms with E-state index < -0.39 is 30.7 Å². The predicted molar refractivity (Wildman–Crippen MR) is 63.7 cm³/mol. The van der Waals surface area contributed by atoms with Crippen LogP contribution in [0.2, 0.25) is 0 Å². The molecule has 2 aliphatic rings. The fraction of sp³-hybridized carbons (Fsp3) is 0.917. The second-order valence-electron chi connectivity index (χ2n) is 5.45. The highest BCUT2D eigenvalue weighted by molar-refractivity contribution is 5.73. The molecule has 5 nitrogen and oxygen atoms in total. The van der Waals surface area contributed by atoms with E-state index in [0.717, 1.165) is 25.7 Å². The van der Waals surface area contributed by atoms with Crippen LogP contribution in [0.1, 0.15) is 38.5 Å². The highest BCUT2D eigenvalue weighted by Crippen LogP contribution is 2.38. The Hall–Kier alpha value is -1.02. The molecule has 0 unspecified atom stereocenters. The van der Waals surface area contributed by atoms with Crippen LogP contribution in [0.25, 0.3) is 0 Å². The highest BCUT2D eigenvalue weighted by atomic mass is 19.4. The van der Waals surface area contributed by atoms with E-state index in [2.05, 4.69) is 5.48 Å². The number of alkyl halides is 3. The molecule has 1 aliphatic carbocycles. The topological polar surface area (TPSA) is 61.8 Å². The summed E-state index contributed by atoms with van der Waals surface area (Å²) in [6.07, 6.45) is -1.79. The molecule has 1 aliphatic heterocycles. The summed E-state index contributed by atoms with van der Waals surface area (Å²) in [5.41, 5.74) is -0.400. The van der Waals surface area contributed by atoms with Gasteiger partial charge in [0.1, 0.15) is 0 Å². The molecule has 0 aromatic heterocycles. The number of nitrogens with zero attached hydrogens (tertiary/aromatic N) is 1. The van der Waals surface area contributed by atoms with Crippen molar-refractivity contribution in [3.8, 4) is 0 Å². The van der Waals surface area contributed by atoms with Crippen LogP contribution in [0.4, 0.5) is 18.0 Å². The minimum Gasteiger partial charge on any atom is -0.380 e. The van der Waals surface area contributed by atoms with Gasteiger partial charge in [0.25, 0.3) is 0 Å². The molecule has 2 fully saturated rings. The van der Waals surface area contributed by atoms with Crippen LogP contribution >= 0.6 is 0 Å². The average Bonchev–Trinajstić information content (AvgIpc) is 2.88. The quantitative estimate of drug-likeness (QED) is 0.766. The van der Waals surface area contributed by atoms with Gasteiger partial charge in [-0.2, -0.15) is 13.2 Å². The third kappa shape index (κ3) is 3.35. The molecule has 2 N–H and O–H groups in total. The number of urea groups is 1. The fourth-order valence-corrected chi connectivity index (χ4v) is 2.57. The molecule has 0 spiro atoms. The summed E-state index contributed by atoms with van der Waals surface area (Å²) < 4.78 is 37.8. The normalized spacial score (nSPS) is 23.9. The average molecular weight is 296 g/mol. The zero-order valence-electron chi connectivity index (χ0n) is 11.1. The van der Waals surface area contributed by atoms with Crippen LogP contribution in [-0.4, -0.2) is 47.0 Å². The van der Waals surface area contributed by atoms with Gasteiger partial charge in [0.05, 0.1) is 6.10 Å². The van der Waals surface area contributed by atoms with Gasteiger partial charge in [0.2, 0.25) is 0 Å². The Labute approximate surface area is 115 Å². The number of nitrogens with one attached hydrogen (secondary N) is 1. The van der Waals surface area contributed by atoms with Gasteiger partial charge in [-0.05, 0) is 12.8 Å². The molecule has 0 aromatic rings. The smallest absolute Gasteiger partial charge is 0.380 e. The first-order chi connectivity index (χ1) is 9.32. The molecule has 20 heavy (non-hydrogen) atoms. The van der Waals surface area contributed by atoms with E-state index in [4.69, 9.17) is 4.84 Å². The van der Waals surface area contributed by atoms with Crippen LogP contribution in [0.5, 0.6) is 0 Å². The number of carbonyl (C=O) groups excluding carboxylic acids is 1. The molecule has 116 valence electrons. The SMILES string of the molecule is O=C(NOC1CCCC1)N1CCC(O)(C(F)(F)F)CC1. The minimum absolute atomic E-state index is 0.00384. The first-order valence-corrected chi connectivity index (χ1v) is 6.81. The van der Waals surface area contributed by atoms with Gasteiger partial charge in [-0.25, -0.2) is 10.3 Å². The van der Waals surface area contributed by atoms with E-state index in [0.29, 0.717) is 0 Å². The molecule has 1 saturated carbocycles. The number of hydroxylamine groups is 1. The third-order valence-electron chi connectivity index (χ3n) is 4.02. The summed E-state index contributed by atoms with van der Waals surface area (Å²) in [5, 5.41) is 9.50. The van der Waals surface area contributed by atoms with Crippen molar-refractivity contribution in [3.63, 3.8) is 0 Å². The van der Waals surface area contributed by atoms with Gasteiger partial charge in [0.15, 0.2) is 5.60 Å². The third-order valence-corrected chi connectivity index (χ3v) is 4.02. The summed E-state index contributed by atoms with van der Waals surface area (Å²) in [6.45, 7) is -0.286. The maximum Gasteiger partial charge on any atom is 0.417 e. The van der Waals surface area contributed by atoms with Gasteiger partial charge in [-0.15, -0.1) is 0 Å². The Morgan fingerprint density at radius 1 is 1.25 bits per heavy atom. The molecule has 0 aromatic carbocycles. The Morgan fingerprint density at radius 2 is 1.80 bits per heavy atom. The Balaban J connectivity index is 1.76. The molecule has 2 amide bonds.